The third kappa shape index (κ3) is 3.80. The normalized spacial score (nSPS) is 23.9. The molecule has 7 nitrogen and oxygen atoms in total. The highest BCUT2D eigenvalue weighted by atomic mass is 16.5. The fourth-order valence-electron chi connectivity index (χ4n) is 2.64. The Bertz CT molecular complexity index is 638. The van der Waals surface area contributed by atoms with Crippen LogP contribution >= 0.6 is 0 Å². The van der Waals surface area contributed by atoms with Gasteiger partial charge in [-0.3, -0.25) is 9.59 Å². The van der Waals surface area contributed by atoms with Crippen molar-refractivity contribution >= 4 is 18.0 Å². The van der Waals surface area contributed by atoms with Gasteiger partial charge in [-0.25, -0.2) is 4.99 Å². The van der Waals surface area contributed by atoms with Crippen molar-refractivity contribution < 1.29 is 14.3 Å². The van der Waals surface area contributed by atoms with Crippen molar-refractivity contribution in [2.24, 2.45) is 10.9 Å². The average molecular weight is 314 g/mol. The molecule has 2 aliphatic heterocycles. The van der Waals surface area contributed by atoms with Gasteiger partial charge in [0.1, 0.15) is 6.10 Å². The van der Waals surface area contributed by atoms with E-state index < -0.39 is 5.92 Å². The van der Waals surface area contributed by atoms with Gasteiger partial charge in [-0.05, 0) is 25.8 Å². The first-order chi connectivity index (χ1) is 11.1. The first kappa shape index (κ1) is 15.3. The molecule has 2 unspecified atom stereocenters. The number of piperidine rings is 1. The minimum Gasteiger partial charge on any atom is -0.471 e. The van der Waals surface area contributed by atoms with Gasteiger partial charge in [-0.1, -0.05) is 6.08 Å². The smallest absolute Gasteiger partial charge is 0.269 e. The van der Waals surface area contributed by atoms with E-state index in [1.165, 1.54) is 12.3 Å². The summed E-state index contributed by atoms with van der Waals surface area (Å²) in [5.74, 6) is -0.377. The van der Waals surface area contributed by atoms with E-state index in [9.17, 15) is 9.59 Å². The lowest BCUT2D eigenvalue weighted by Crippen LogP contribution is -2.47. The van der Waals surface area contributed by atoms with Gasteiger partial charge in [0.15, 0.2) is 0 Å². The molecule has 1 aromatic rings. The van der Waals surface area contributed by atoms with Crippen molar-refractivity contribution in [1.82, 2.24) is 15.1 Å². The predicted molar refractivity (Wildman–Crippen MR) is 83.1 cm³/mol. The van der Waals surface area contributed by atoms with E-state index in [4.69, 9.17) is 4.74 Å². The Kier molecular flexibility index (Phi) is 4.45. The van der Waals surface area contributed by atoms with E-state index in [-0.39, 0.29) is 17.9 Å². The number of carbonyl (C=O) groups is 2. The van der Waals surface area contributed by atoms with Crippen LogP contribution in [0.4, 0.5) is 0 Å². The first-order valence-electron chi connectivity index (χ1n) is 7.64. The van der Waals surface area contributed by atoms with E-state index in [0.717, 1.165) is 18.5 Å². The van der Waals surface area contributed by atoms with Crippen LogP contribution in [-0.2, 0) is 9.59 Å². The molecule has 1 saturated heterocycles. The van der Waals surface area contributed by atoms with Gasteiger partial charge in [-0.2, -0.15) is 5.10 Å². The Hall–Kier alpha value is -2.57. The predicted octanol–water partition coefficient (Wildman–Crippen LogP) is 0.938. The number of ether oxygens (including phenoxy) is 1. The van der Waals surface area contributed by atoms with Gasteiger partial charge in [0.2, 0.25) is 11.8 Å². The molecule has 0 aliphatic carbocycles. The third-order valence-corrected chi connectivity index (χ3v) is 3.84. The van der Waals surface area contributed by atoms with Crippen LogP contribution in [0.2, 0.25) is 0 Å². The monoisotopic (exact) mass is 314 g/mol. The fraction of sp³-hybridized carbons (Fsp3) is 0.438. The Labute approximate surface area is 134 Å². The van der Waals surface area contributed by atoms with Crippen LogP contribution in [-0.4, -0.2) is 52.3 Å². The lowest BCUT2D eigenvalue weighted by atomic mass is 10.0. The Morgan fingerprint density at radius 1 is 1.35 bits per heavy atom. The number of hydrogen-bond donors (Lipinski definition) is 0. The van der Waals surface area contributed by atoms with Crippen LogP contribution in [0.5, 0.6) is 5.88 Å². The largest absolute Gasteiger partial charge is 0.471 e. The Balaban J connectivity index is 1.60. The molecular weight excluding hydrogens is 296 g/mol. The summed E-state index contributed by atoms with van der Waals surface area (Å²) in [5.41, 5.74) is 0.829. The molecule has 2 aliphatic rings. The Morgan fingerprint density at radius 2 is 2.22 bits per heavy atom. The summed E-state index contributed by atoms with van der Waals surface area (Å²) in [6.07, 6.45) is 5.96. The van der Waals surface area contributed by atoms with E-state index >= 15 is 0 Å². The van der Waals surface area contributed by atoms with Gasteiger partial charge < -0.3 is 9.64 Å². The quantitative estimate of drug-likeness (QED) is 0.829. The van der Waals surface area contributed by atoms with Gasteiger partial charge in [0.05, 0.1) is 18.2 Å². The molecule has 0 saturated carbocycles. The SMILES string of the molecule is Cc1ccc(OC2CCCN(C(=O)C3C=CC(=O)N=C3)C2)nn1. The number of carbonyl (C=O) groups excluding carboxylic acids is 2. The van der Waals surface area contributed by atoms with Gasteiger partial charge >= 0.3 is 0 Å². The van der Waals surface area contributed by atoms with Crippen molar-refractivity contribution in [3.63, 3.8) is 0 Å². The van der Waals surface area contributed by atoms with Crippen molar-refractivity contribution in [3.05, 3.63) is 30.0 Å². The number of likely N-dealkylation sites (tertiary alicyclic amines) is 1. The van der Waals surface area contributed by atoms with Crippen molar-refractivity contribution in [2.45, 2.75) is 25.9 Å². The summed E-state index contributed by atoms with van der Waals surface area (Å²) in [7, 11) is 0. The summed E-state index contributed by atoms with van der Waals surface area (Å²) in [5, 5.41) is 7.96. The van der Waals surface area contributed by atoms with Crippen LogP contribution in [0.25, 0.3) is 0 Å². The summed E-state index contributed by atoms with van der Waals surface area (Å²) in [6, 6.07) is 3.62. The zero-order chi connectivity index (χ0) is 16.2. The molecule has 0 radical (unpaired) electrons. The van der Waals surface area contributed by atoms with Crippen LogP contribution in [0.1, 0.15) is 18.5 Å². The Morgan fingerprint density at radius 3 is 2.91 bits per heavy atom. The number of nitrogens with zero attached hydrogens (tertiary/aromatic N) is 4. The van der Waals surface area contributed by atoms with Crippen molar-refractivity contribution in [2.75, 3.05) is 13.1 Å². The van der Waals surface area contributed by atoms with Gasteiger partial charge in [-0.15, -0.1) is 5.10 Å². The molecule has 7 heteroatoms. The topological polar surface area (TPSA) is 84.8 Å². The molecule has 0 bridgehead atoms. The second-order valence-electron chi connectivity index (χ2n) is 5.68. The number of hydrogen-bond acceptors (Lipinski definition) is 5. The fourth-order valence-corrected chi connectivity index (χ4v) is 2.64. The summed E-state index contributed by atoms with van der Waals surface area (Å²) in [4.78, 5) is 29.0. The lowest BCUT2D eigenvalue weighted by molar-refractivity contribution is -0.134. The molecule has 0 N–H and O–H groups in total. The second-order valence-corrected chi connectivity index (χ2v) is 5.68. The molecule has 1 aromatic heterocycles. The van der Waals surface area contributed by atoms with Gasteiger partial charge in [0.25, 0.3) is 5.91 Å². The zero-order valence-electron chi connectivity index (χ0n) is 12.9. The minimum absolute atomic E-state index is 0.0548. The molecular formula is C16H18N4O3. The van der Waals surface area contributed by atoms with Crippen molar-refractivity contribution in [3.8, 4) is 5.88 Å². The summed E-state index contributed by atoms with van der Waals surface area (Å²) < 4.78 is 5.82. The summed E-state index contributed by atoms with van der Waals surface area (Å²) in [6.45, 7) is 3.05. The minimum atomic E-state index is -0.467. The van der Waals surface area contributed by atoms with Crippen LogP contribution in [0, 0.1) is 12.8 Å². The third-order valence-electron chi connectivity index (χ3n) is 3.84. The maximum absolute atomic E-state index is 12.5. The molecule has 0 spiro atoms. The maximum atomic E-state index is 12.5. The molecule has 2 amide bonds. The van der Waals surface area contributed by atoms with Crippen LogP contribution < -0.4 is 4.74 Å². The van der Waals surface area contributed by atoms with E-state index in [1.807, 2.05) is 13.0 Å². The van der Waals surface area contributed by atoms with E-state index in [1.54, 1.807) is 17.0 Å². The number of aromatic nitrogens is 2. The second kappa shape index (κ2) is 6.68. The summed E-state index contributed by atoms with van der Waals surface area (Å²) >= 11 is 0. The average Bonchev–Trinajstić information content (AvgIpc) is 2.57. The number of aliphatic imine (C=N–C) groups is 1. The molecule has 3 rings (SSSR count). The van der Waals surface area contributed by atoms with Crippen molar-refractivity contribution in [1.29, 1.82) is 0 Å². The van der Waals surface area contributed by atoms with Crippen LogP contribution in [0.15, 0.2) is 29.3 Å². The van der Waals surface area contributed by atoms with E-state index in [2.05, 4.69) is 15.2 Å². The highest BCUT2D eigenvalue weighted by Crippen LogP contribution is 2.18. The van der Waals surface area contributed by atoms with Crippen LogP contribution in [0.3, 0.4) is 0 Å². The number of dihydropyridines is 1. The maximum Gasteiger partial charge on any atom is 0.269 e. The standard InChI is InChI=1S/C16H18N4O3/c1-11-4-7-15(19-18-11)23-13-3-2-8-20(10-13)16(22)12-5-6-14(21)17-9-12/h4-7,9,12-13H,2-3,8,10H2,1H3. The molecule has 1 fully saturated rings. The highest BCUT2D eigenvalue weighted by molar-refractivity contribution is 6.05. The highest BCUT2D eigenvalue weighted by Gasteiger charge is 2.29. The molecule has 120 valence electrons. The lowest BCUT2D eigenvalue weighted by Gasteiger charge is -2.33. The molecule has 23 heavy (non-hydrogen) atoms. The van der Waals surface area contributed by atoms with E-state index in [0.29, 0.717) is 19.0 Å². The molecule has 0 aromatic carbocycles. The number of rotatable bonds is 3. The van der Waals surface area contributed by atoms with Gasteiger partial charge in [0, 0.05) is 24.9 Å². The number of aryl methyl sites for hydroxylation is 1. The number of amides is 2. The molecule has 3 heterocycles. The first-order valence-corrected chi connectivity index (χ1v) is 7.64. The zero-order valence-corrected chi connectivity index (χ0v) is 12.9. The molecule has 2 atom stereocenters.